The van der Waals surface area contributed by atoms with Gasteiger partial charge in [0, 0.05) is 13.5 Å². The summed E-state index contributed by atoms with van der Waals surface area (Å²) in [4.78, 5) is 11.2. The van der Waals surface area contributed by atoms with Gasteiger partial charge < -0.3 is 9.47 Å². The Labute approximate surface area is 103 Å². The third-order valence-corrected chi connectivity index (χ3v) is 2.15. The minimum absolute atomic E-state index is 0.0480. The van der Waals surface area contributed by atoms with Gasteiger partial charge in [-0.05, 0) is 24.1 Å². The zero-order valence-corrected chi connectivity index (χ0v) is 9.79. The molecule has 1 rings (SSSR count). The molecular weight excluding hydrogens is 249 g/mol. The molecule has 0 aromatic heterocycles. The second kappa shape index (κ2) is 6.39. The maximum absolute atomic E-state index is 11.9. The fourth-order valence-electron chi connectivity index (χ4n) is 1.37. The summed E-state index contributed by atoms with van der Waals surface area (Å²) < 4.78 is 44.1. The molecule has 0 radical (unpaired) electrons. The van der Waals surface area contributed by atoms with Crippen LogP contribution in [-0.2, 0) is 16.0 Å². The van der Waals surface area contributed by atoms with Crippen LogP contribution in [0.15, 0.2) is 24.3 Å². The number of Topliss-reactive ketones (excluding diaryl/α,β-unsaturated/α-hetero) is 1. The fourth-order valence-corrected chi connectivity index (χ4v) is 1.37. The molecule has 0 aliphatic heterocycles. The summed E-state index contributed by atoms with van der Waals surface area (Å²) in [6.07, 6.45) is -3.92. The smallest absolute Gasteiger partial charge is 0.406 e. The Morgan fingerprint density at radius 3 is 2.33 bits per heavy atom. The van der Waals surface area contributed by atoms with Crippen LogP contribution < -0.4 is 4.74 Å². The highest BCUT2D eigenvalue weighted by molar-refractivity contribution is 5.79. The first-order valence-electron chi connectivity index (χ1n) is 5.26. The molecule has 1 aromatic rings. The van der Waals surface area contributed by atoms with Crippen LogP contribution in [-0.4, -0.2) is 25.9 Å². The largest absolute Gasteiger partial charge is 0.573 e. The normalized spacial score (nSPS) is 11.3. The molecule has 0 heterocycles. The summed E-state index contributed by atoms with van der Waals surface area (Å²) in [5.41, 5.74) is 0.772. The number of carbonyl (C=O) groups excluding carboxylic acids is 1. The van der Waals surface area contributed by atoms with Crippen molar-refractivity contribution >= 4 is 5.78 Å². The van der Waals surface area contributed by atoms with Crippen molar-refractivity contribution < 1.29 is 27.4 Å². The predicted octanol–water partition coefficient (Wildman–Crippen LogP) is 2.73. The van der Waals surface area contributed by atoms with E-state index in [0.29, 0.717) is 12.8 Å². The summed E-state index contributed by atoms with van der Waals surface area (Å²) in [5.74, 6) is -0.317. The van der Waals surface area contributed by atoms with Crippen LogP contribution in [0.1, 0.15) is 12.0 Å². The third kappa shape index (κ3) is 5.67. The van der Waals surface area contributed by atoms with E-state index < -0.39 is 6.36 Å². The first kappa shape index (κ1) is 14.5. The van der Waals surface area contributed by atoms with E-state index >= 15 is 0 Å². The molecule has 0 N–H and O–H groups in total. The Kier molecular flexibility index (Phi) is 5.15. The van der Waals surface area contributed by atoms with Gasteiger partial charge in [0.25, 0.3) is 0 Å². The van der Waals surface area contributed by atoms with Crippen molar-refractivity contribution in [2.75, 3.05) is 13.7 Å². The summed E-state index contributed by atoms with van der Waals surface area (Å²) in [7, 11) is 1.43. The first-order valence-corrected chi connectivity index (χ1v) is 5.26. The highest BCUT2D eigenvalue weighted by atomic mass is 19.4. The number of hydrogen-bond acceptors (Lipinski definition) is 3. The lowest BCUT2D eigenvalue weighted by Gasteiger charge is -2.09. The third-order valence-electron chi connectivity index (χ3n) is 2.15. The summed E-state index contributed by atoms with van der Waals surface area (Å²) in [6.45, 7) is 0.0509. The average Bonchev–Trinajstić information content (AvgIpc) is 2.26. The second-order valence-electron chi connectivity index (χ2n) is 3.66. The molecule has 0 bridgehead atoms. The molecule has 0 saturated heterocycles. The van der Waals surface area contributed by atoms with Gasteiger partial charge in [-0.3, -0.25) is 4.79 Å². The zero-order valence-electron chi connectivity index (χ0n) is 9.79. The molecule has 1 aromatic carbocycles. The Balaban J connectivity index is 2.48. The Bertz CT molecular complexity index is 385. The number of halogens is 3. The van der Waals surface area contributed by atoms with Crippen molar-refractivity contribution in [2.45, 2.75) is 19.2 Å². The van der Waals surface area contributed by atoms with E-state index in [2.05, 4.69) is 9.47 Å². The van der Waals surface area contributed by atoms with E-state index in [1.807, 2.05) is 0 Å². The molecule has 0 saturated carbocycles. The SMILES string of the molecule is COCC(=O)CCc1ccc(OC(F)(F)F)cc1. The maximum atomic E-state index is 11.9. The molecule has 3 nitrogen and oxygen atoms in total. The number of ether oxygens (including phenoxy) is 2. The van der Waals surface area contributed by atoms with Gasteiger partial charge in [-0.25, -0.2) is 0 Å². The molecular formula is C12H13F3O3. The lowest BCUT2D eigenvalue weighted by Crippen LogP contribution is -2.17. The van der Waals surface area contributed by atoms with E-state index in [1.165, 1.54) is 31.4 Å². The average molecular weight is 262 g/mol. The highest BCUT2D eigenvalue weighted by Gasteiger charge is 2.30. The monoisotopic (exact) mass is 262 g/mol. The van der Waals surface area contributed by atoms with Gasteiger partial charge in [0.05, 0.1) is 0 Å². The van der Waals surface area contributed by atoms with Crippen LogP contribution in [0.25, 0.3) is 0 Å². The van der Waals surface area contributed by atoms with Crippen molar-refractivity contribution in [3.63, 3.8) is 0 Å². The van der Waals surface area contributed by atoms with Gasteiger partial charge in [0.1, 0.15) is 12.4 Å². The van der Waals surface area contributed by atoms with Crippen molar-refractivity contribution in [2.24, 2.45) is 0 Å². The molecule has 100 valence electrons. The van der Waals surface area contributed by atoms with Crippen LogP contribution in [0.5, 0.6) is 5.75 Å². The Morgan fingerprint density at radius 2 is 1.83 bits per heavy atom. The van der Waals surface area contributed by atoms with E-state index in [0.717, 1.165) is 5.56 Å². The van der Waals surface area contributed by atoms with Crippen LogP contribution in [0.2, 0.25) is 0 Å². The van der Waals surface area contributed by atoms with Gasteiger partial charge in [-0.2, -0.15) is 0 Å². The zero-order chi connectivity index (χ0) is 13.6. The molecule has 0 aliphatic carbocycles. The van der Waals surface area contributed by atoms with E-state index in [9.17, 15) is 18.0 Å². The van der Waals surface area contributed by atoms with Gasteiger partial charge in [0.15, 0.2) is 5.78 Å². The molecule has 0 atom stereocenters. The first-order chi connectivity index (χ1) is 8.40. The molecule has 0 aliphatic rings. The number of rotatable bonds is 6. The highest BCUT2D eigenvalue weighted by Crippen LogP contribution is 2.22. The number of benzene rings is 1. The Hall–Kier alpha value is -1.56. The second-order valence-corrected chi connectivity index (χ2v) is 3.66. The van der Waals surface area contributed by atoms with Gasteiger partial charge >= 0.3 is 6.36 Å². The number of aryl methyl sites for hydroxylation is 1. The summed E-state index contributed by atoms with van der Waals surface area (Å²) in [6, 6.07) is 5.45. The number of ketones is 1. The predicted molar refractivity (Wildman–Crippen MR) is 58.3 cm³/mol. The van der Waals surface area contributed by atoms with Gasteiger partial charge in [-0.1, -0.05) is 12.1 Å². The van der Waals surface area contributed by atoms with E-state index in [4.69, 9.17) is 0 Å². The minimum Gasteiger partial charge on any atom is -0.406 e. The van der Waals surface area contributed by atoms with Crippen molar-refractivity contribution in [1.29, 1.82) is 0 Å². The van der Waals surface area contributed by atoms with Gasteiger partial charge in [0.2, 0.25) is 0 Å². The quantitative estimate of drug-likeness (QED) is 0.790. The maximum Gasteiger partial charge on any atom is 0.573 e. The summed E-state index contributed by atoms with van der Waals surface area (Å²) in [5, 5.41) is 0. The topological polar surface area (TPSA) is 35.5 Å². The Morgan fingerprint density at radius 1 is 1.22 bits per heavy atom. The lowest BCUT2D eigenvalue weighted by molar-refractivity contribution is -0.274. The van der Waals surface area contributed by atoms with E-state index in [1.54, 1.807) is 0 Å². The van der Waals surface area contributed by atoms with E-state index in [-0.39, 0.29) is 18.1 Å². The molecule has 6 heteroatoms. The number of carbonyl (C=O) groups is 1. The van der Waals surface area contributed by atoms with Crippen molar-refractivity contribution in [1.82, 2.24) is 0 Å². The standard InChI is InChI=1S/C12H13F3O3/c1-17-8-10(16)5-2-9-3-6-11(7-4-9)18-12(13,14)15/h3-4,6-7H,2,5,8H2,1H3. The van der Waals surface area contributed by atoms with Crippen LogP contribution >= 0.6 is 0 Å². The summed E-state index contributed by atoms with van der Waals surface area (Å²) >= 11 is 0. The van der Waals surface area contributed by atoms with Crippen molar-refractivity contribution in [3.05, 3.63) is 29.8 Å². The number of methoxy groups -OCH3 is 1. The number of hydrogen-bond donors (Lipinski definition) is 0. The van der Waals surface area contributed by atoms with Crippen LogP contribution in [0, 0.1) is 0 Å². The van der Waals surface area contributed by atoms with Crippen LogP contribution in [0.4, 0.5) is 13.2 Å². The minimum atomic E-state index is -4.68. The molecule has 18 heavy (non-hydrogen) atoms. The molecule has 0 spiro atoms. The fraction of sp³-hybridized carbons (Fsp3) is 0.417. The molecule has 0 fully saturated rings. The lowest BCUT2D eigenvalue weighted by atomic mass is 10.1. The molecule has 0 unspecified atom stereocenters. The number of alkyl halides is 3. The molecule has 0 amide bonds. The van der Waals surface area contributed by atoms with Gasteiger partial charge in [-0.15, -0.1) is 13.2 Å². The van der Waals surface area contributed by atoms with Crippen molar-refractivity contribution in [3.8, 4) is 5.75 Å². The van der Waals surface area contributed by atoms with Crippen LogP contribution in [0.3, 0.4) is 0 Å².